The van der Waals surface area contributed by atoms with Gasteiger partial charge in [0.15, 0.2) is 23.1 Å². The Morgan fingerprint density at radius 2 is 2.10 bits per heavy atom. The second-order valence-electron chi connectivity index (χ2n) is 4.63. The summed E-state index contributed by atoms with van der Waals surface area (Å²) in [5.74, 6) is -3.61. The van der Waals surface area contributed by atoms with Crippen LogP contribution < -0.4 is 4.74 Å². The van der Waals surface area contributed by atoms with E-state index >= 15 is 0 Å². The van der Waals surface area contributed by atoms with Crippen molar-refractivity contribution in [2.24, 2.45) is 5.92 Å². The number of Topliss-reactive ketones (excluding diaryl/α,β-unsaturated/α-hetero) is 1. The Kier molecular flexibility index (Phi) is 4.13. The average molecular weight is 312 g/mol. The second kappa shape index (κ2) is 5.69. The van der Waals surface area contributed by atoms with Crippen LogP contribution in [0.25, 0.3) is 10.1 Å². The highest BCUT2D eigenvalue weighted by Crippen LogP contribution is 2.39. The number of ether oxygens (including phenoxy) is 1. The first-order valence-electron chi connectivity index (χ1n) is 6.10. The fraction of sp³-hybridized carbons (Fsp3) is 0.286. The molecular formula is C14H13FO5S. The van der Waals surface area contributed by atoms with Crippen molar-refractivity contribution in [1.82, 2.24) is 0 Å². The number of ketones is 1. The van der Waals surface area contributed by atoms with Crippen LogP contribution in [-0.2, 0) is 4.79 Å². The van der Waals surface area contributed by atoms with Gasteiger partial charge in [0.25, 0.3) is 0 Å². The number of methoxy groups -OCH3 is 1. The fourth-order valence-electron chi connectivity index (χ4n) is 1.91. The molecule has 2 N–H and O–H groups in total. The minimum absolute atomic E-state index is 0.160. The highest BCUT2D eigenvalue weighted by atomic mass is 32.1. The molecule has 112 valence electrons. The molecule has 0 aliphatic carbocycles. The Balaban J connectivity index is 2.41. The van der Waals surface area contributed by atoms with Crippen LogP contribution in [0.15, 0.2) is 12.1 Å². The van der Waals surface area contributed by atoms with Crippen molar-refractivity contribution >= 4 is 33.2 Å². The minimum Gasteiger partial charge on any atom is -0.504 e. The number of hydrogen-bond acceptors (Lipinski definition) is 5. The molecule has 1 atom stereocenters. The fourth-order valence-corrected chi connectivity index (χ4v) is 2.95. The Morgan fingerprint density at radius 3 is 2.67 bits per heavy atom. The highest BCUT2D eigenvalue weighted by molar-refractivity contribution is 7.20. The van der Waals surface area contributed by atoms with E-state index in [0.717, 1.165) is 11.3 Å². The SMILES string of the molecule is COc1c(O)cc2sc(C(=O)CC(C)C(=O)O)cc2c1F. The van der Waals surface area contributed by atoms with Crippen molar-refractivity contribution in [2.75, 3.05) is 7.11 Å². The molecule has 21 heavy (non-hydrogen) atoms. The molecule has 0 fully saturated rings. The van der Waals surface area contributed by atoms with Crippen LogP contribution in [0.1, 0.15) is 23.0 Å². The van der Waals surface area contributed by atoms with Gasteiger partial charge in [-0.1, -0.05) is 6.92 Å². The van der Waals surface area contributed by atoms with Gasteiger partial charge >= 0.3 is 5.97 Å². The molecule has 5 nitrogen and oxygen atoms in total. The molecule has 0 saturated heterocycles. The number of halogens is 1. The summed E-state index contributed by atoms with van der Waals surface area (Å²) in [5, 5.41) is 18.6. The largest absolute Gasteiger partial charge is 0.504 e. The molecule has 1 heterocycles. The molecule has 1 unspecified atom stereocenters. The van der Waals surface area contributed by atoms with Crippen LogP contribution in [-0.4, -0.2) is 29.1 Å². The standard InChI is InChI=1S/C14H13FO5S/c1-6(14(18)19)3-8(16)11-4-7-10(21-11)5-9(17)13(20-2)12(7)15/h4-6,17H,3H2,1-2H3,(H,18,19). The molecule has 0 amide bonds. The third-order valence-electron chi connectivity index (χ3n) is 3.09. The lowest BCUT2D eigenvalue weighted by molar-refractivity contribution is -0.141. The van der Waals surface area contributed by atoms with Crippen molar-refractivity contribution < 1.29 is 28.9 Å². The molecule has 7 heteroatoms. The Labute approximate surface area is 123 Å². The van der Waals surface area contributed by atoms with Gasteiger partial charge in [0.1, 0.15) is 0 Å². The van der Waals surface area contributed by atoms with Crippen LogP contribution in [0.3, 0.4) is 0 Å². The number of aliphatic carboxylic acids is 1. The van der Waals surface area contributed by atoms with Crippen LogP contribution in [0.4, 0.5) is 4.39 Å². The second-order valence-corrected chi connectivity index (χ2v) is 5.72. The van der Waals surface area contributed by atoms with Gasteiger partial charge < -0.3 is 14.9 Å². The summed E-state index contributed by atoms with van der Waals surface area (Å²) in [4.78, 5) is 23.0. The number of phenols is 1. The number of carbonyl (C=O) groups excluding carboxylic acids is 1. The van der Waals surface area contributed by atoms with Crippen molar-refractivity contribution in [1.29, 1.82) is 0 Å². The van der Waals surface area contributed by atoms with Crippen LogP contribution in [0.5, 0.6) is 11.5 Å². The Morgan fingerprint density at radius 1 is 1.43 bits per heavy atom. The van der Waals surface area contributed by atoms with E-state index in [1.807, 2.05) is 0 Å². The lowest BCUT2D eigenvalue weighted by Gasteiger charge is -2.04. The summed E-state index contributed by atoms with van der Waals surface area (Å²) in [7, 11) is 1.23. The van der Waals surface area contributed by atoms with E-state index in [0.29, 0.717) is 4.70 Å². The molecule has 2 rings (SSSR count). The maximum Gasteiger partial charge on any atom is 0.306 e. The molecule has 0 aliphatic heterocycles. The summed E-state index contributed by atoms with van der Waals surface area (Å²) >= 11 is 1.01. The third kappa shape index (κ3) is 2.82. The lowest BCUT2D eigenvalue weighted by atomic mass is 10.0. The van der Waals surface area contributed by atoms with Crippen LogP contribution in [0.2, 0.25) is 0 Å². The van der Waals surface area contributed by atoms with Gasteiger partial charge in [-0.25, -0.2) is 4.39 Å². The van der Waals surface area contributed by atoms with Gasteiger partial charge in [0.2, 0.25) is 0 Å². The van der Waals surface area contributed by atoms with E-state index in [4.69, 9.17) is 9.84 Å². The van der Waals surface area contributed by atoms with E-state index < -0.39 is 17.7 Å². The van der Waals surface area contributed by atoms with E-state index in [2.05, 4.69) is 0 Å². The summed E-state index contributed by atoms with van der Waals surface area (Å²) in [5.41, 5.74) is 0. The van der Waals surface area contributed by atoms with Crippen LogP contribution in [0, 0.1) is 11.7 Å². The predicted molar refractivity (Wildman–Crippen MR) is 75.7 cm³/mol. The number of rotatable bonds is 5. The smallest absolute Gasteiger partial charge is 0.306 e. The first kappa shape index (κ1) is 15.2. The highest BCUT2D eigenvalue weighted by Gasteiger charge is 2.21. The number of benzene rings is 1. The molecule has 0 spiro atoms. The van der Waals surface area contributed by atoms with Crippen molar-refractivity contribution in [2.45, 2.75) is 13.3 Å². The number of hydrogen-bond donors (Lipinski definition) is 2. The normalized spacial score (nSPS) is 12.3. The number of carboxylic acid groups (broad SMARTS) is 1. The number of carboxylic acids is 1. The molecule has 1 aromatic heterocycles. The zero-order chi connectivity index (χ0) is 15.7. The van der Waals surface area contributed by atoms with E-state index in [-0.39, 0.29) is 34.0 Å². The van der Waals surface area contributed by atoms with Gasteiger partial charge in [0, 0.05) is 22.6 Å². The molecule has 0 saturated carbocycles. The van der Waals surface area contributed by atoms with Gasteiger partial charge in [-0.2, -0.15) is 0 Å². The molecular weight excluding hydrogens is 299 g/mol. The van der Waals surface area contributed by atoms with E-state index in [1.54, 1.807) is 0 Å². The number of fused-ring (bicyclic) bond motifs is 1. The average Bonchev–Trinajstić information content (AvgIpc) is 2.83. The maximum absolute atomic E-state index is 14.1. The Bertz CT molecular complexity index is 722. The number of aromatic hydroxyl groups is 1. The molecule has 0 radical (unpaired) electrons. The lowest BCUT2D eigenvalue weighted by Crippen LogP contribution is -2.13. The van der Waals surface area contributed by atoms with Crippen LogP contribution >= 0.6 is 11.3 Å². The zero-order valence-electron chi connectivity index (χ0n) is 11.3. The molecule has 0 bridgehead atoms. The monoisotopic (exact) mass is 312 g/mol. The first-order chi connectivity index (χ1) is 9.85. The van der Waals surface area contributed by atoms with Gasteiger partial charge in [-0.15, -0.1) is 11.3 Å². The maximum atomic E-state index is 14.1. The minimum atomic E-state index is -1.06. The summed E-state index contributed by atoms with van der Waals surface area (Å²) in [6.45, 7) is 1.43. The van der Waals surface area contributed by atoms with Gasteiger partial charge in [-0.3, -0.25) is 9.59 Å². The van der Waals surface area contributed by atoms with Crippen molar-refractivity contribution in [3.05, 3.63) is 22.8 Å². The van der Waals surface area contributed by atoms with Crippen molar-refractivity contribution in [3.63, 3.8) is 0 Å². The number of phenolic OH excluding ortho intramolecular Hbond substituents is 1. The number of thiophene rings is 1. The first-order valence-corrected chi connectivity index (χ1v) is 6.91. The summed E-state index contributed by atoms with van der Waals surface area (Å²) < 4.78 is 19.3. The van der Waals surface area contributed by atoms with E-state index in [1.165, 1.54) is 26.2 Å². The third-order valence-corrected chi connectivity index (χ3v) is 4.21. The molecule has 0 aliphatic rings. The molecule has 1 aromatic carbocycles. The van der Waals surface area contributed by atoms with E-state index in [9.17, 15) is 19.1 Å². The van der Waals surface area contributed by atoms with Gasteiger partial charge in [-0.05, 0) is 6.07 Å². The summed E-state index contributed by atoms with van der Waals surface area (Å²) in [6, 6.07) is 2.67. The van der Waals surface area contributed by atoms with Gasteiger partial charge in [0.05, 0.1) is 17.9 Å². The Hall–Kier alpha value is -2.15. The predicted octanol–water partition coefficient (Wildman–Crippen LogP) is 3.05. The quantitative estimate of drug-likeness (QED) is 0.829. The molecule has 2 aromatic rings. The zero-order valence-corrected chi connectivity index (χ0v) is 12.2. The summed E-state index contributed by atoms with van der Waals surface area (Å²) in [6.07, 6.45) is -0.160. The topological polar surface area (TPSA) is 83.8 Å². The number of carbonyl (C=O) groups is 2. The van der Waals surface area contributed by atoms with Crippen molar-refractivity contribution in [3.8, 4) is 11.5 Å².